The van der Waals surface area contributed by atoms with Crippen LogP contribution in [0.5, 0.6) is 17.2 Å². The number of methoxy groups -OCH3 is 1. The van der Waals surface area contributed by atoms with Crippen LogP contribution in [0.4, 0.5) is 0 Å². The molecule has 0 radical (unpaired) electrons. The van der Waals surface area contributed by atoms with Gasteiger partial charge in [0, 0.05) is 25.7 Å². The minimum absolute atomic E-state index is 0.0741. The Morgan fingerprint density at radius 1 is 1.03 bits per heavy atom. The predicted molar refractivity (Wildman–Crippen MR) is 118 cm³/mol. The van der Waals surface area contributed by atoms with E-state index < -0.39 is 0 Å². The molecular formula is C25H28N2O3. The van der Waals surface area contributed by atoms with E-state index in [1.807, 2.05) is 48.7 Å². The predicted octanol–water partition coefficient (Wildman–Crippen LogP) is 4.81. The lowest BCUT2D eigenvalue weighted by atomic mass is 10.1. The zero-order valence-corrected chi connectivity index (χ0v) is 17.6. The Bertz CT molecular complexity index is 976. The fourth-order valence-electron chi connectivity index (χ4n) is 3.66. The van der Waals surface area contributed by atoms with Crippen LogP contribution in [0.2, 0.25) is 0 Å². The number of benzene rings is 2. The van der Waals surface area contributed by atoms with Gasteiger partial charge in [-0.15, -0.1) is 0 Å². The minimum atomic E-state index is 0.0741. The molecule has 0 amide bonds. The monoisotopic (exact) mass is 404 g/mol. The van der Waals surface area contributed by atoms with Gasteiger partial charge in [-0.25, -0.2) is 0 Å². The molecule has 30 heavy (non-hydrogen) atoms. The maximum Gasteiger partial charge on any atom is 0.161 e. The van der Waals surface area contributed by atoms with Crippen LogP contribution in [0.1, 0.15) is 19.0 Å². The molecule has 2 aromatic carbocycles. The molecule has 0 fully saturated rings. The van der Waals surface area contributed by atoms with Gasteiger partial charge in [0.1, 0.15) is 18.5 Å². The maximum atomic E-state index is 6.10. The van der Waals surface area contributed by atoms with Crippen molar-refractivity contribution in [1.29, 1.82) is 0 Å². The second kappa shape index (κ2) is 9.63. The van der Waals surface area contributed by atoms with Crippen molar-refractivity contribution in [3.63, 3.8) is 0 Å². The summed E-state index contributed by atoms with van der Waals surface area (Å²) in [4.78, 5) is 6.98. The average molecular weight is 405 g/mol. The van der Waals surface area contributed by atoms with Gasteiger partial charge < -0.3 is 14.2 Å². The lowest BCUT2D eigenvalue weighted by Crippen LogP contribution is -2.34. The van der Waals surface area contributed by atoms with Crippen LogP contribution in [0.3, 0.4) is 0 Å². The molecule has 1 aliphatic heterocycles. The SMILES string of the molecule is CCN(CCC1COc2ccccc2O1)Cc1cc(-c2cccc(OC)c2)ccn1. The smallest absolute Gasteiger partial charge is 0.161 e. The number of rotatable bonds is 8. The lowest BCUT2D eigenvalue weighted by molar-refractivity contribution is 0.0746. The summed E-state index contributed by atoms with van der Waals surface area (Å²) in [6.07, 6.45) is 2.87. The van der Waals surface area contributed by atoms with Crippen LogP contribution in [-0.2, 0) is 6.54 Å². The summed E-state index contributed by atoms with van der Waals surface area (Å²) < 4.78 is 17.3. The summed E-state index contributed by atoms with van der Waals surface area (Å²) in [7, 11) is 1.69. The van der Waals surface area contributed by atoms with Crippen LogP contribution in [-0.4, -0.2) is 42.8 Å². The third-order valence-corrected chi connectivity index (χ3v) is 5.39. The van der Waals surface area contributed by atoms with Gasteiger partial charge in [-0.3, -0.25) is 9.88 Å². The van der Waals surface area contributed by atoms with E-state index in [1.165, 1.54) is 0 Å². The van der Waals surface area contributed by atoms with Crippen molar-refractivity contribution in [2.45, 2.75) is 26.0 Å². The number of fused-ring (bicyclic) bond motifs is 1. The Labute approximate surface area is 178 Å². The van der Waals surface area contributed by atoms with Gasteiger partial charge in [0.15, 0.2) is 11.5 Å². The van der Waals surface area contributed by atoms with Gasteiger partial charge in [0.2, 0.25) is 0 Å². The van der Waals surface area contributed by atoms with Crippen molar-refractivity contribution in [3.05, 3.63) is 72.6 Å². The second-order valence-corrected chi connectivity index (χ2v) is 7.42. The normalized spacial score (nSPS) is 15.2. The van der Waals surface area contributed by atoms with Gasteiger partial charge in [-0.05, 0) is 54.1 Å². The Morgan fingerprint density at radius 2 is 1.87 bits per heavy atom. The Balaban J connectivity index is 1.37. The first-order valence-corrected chi connectivity index (χ1v) is 10.5. The first-order valence-electron chi connectivity index (χ1n) is 10.5. The molecule has 5 heteroatoms. The van der Waals surface area contributed by atoms with Crippen molar-refractivity contribution in [2.24, 2.45) is 0 Å². The molecule has 0 saturated carbocycles. The molecule has 5 nitrogen and oxygen atoms in total. The van der Waals surface area contributed by atoms with Crippen molar-refractivity contribution >= 4 is 0 Å². The summed E-state index contributed by atoms with van der Waals surface area (Å²) in [5, 5.41) is 0. The summed E-state index contributed by atoms with van der Waals surface area (Å²) in [6, 6.07) is 20.2. The molecule has 0 saturated heterocycles. The van der Waals surface area contributed by atoms with Crippen molar-refractivity contribution in [1.82, 2.24) is 9.88 Å². The number of hydrogen-bond donors (Lipinski definition) is 0. The topological polar surface area (TPSA) is 43.8 Å². The fourth-order valence-corrected chi connectivity index (χ4v) is 3.66. The Kier molecular flexibility index (Phi) is 6.50. The number of ether oxygens (including phenoxy) is 3. The van der Waals surface area contributed by atoms with E-state index in [0.29, 0.717) is 6.61 Å². The summed E-state index contributed by atoms with van der Waals surface area (Å²) in [5.74, 6) is 2.53. The minimum Gasteiger partial charge on any atom is -0.497 e. The highest BCUT2D eigenvalue weighted by Crippen LogP contribution is 2.31. The van der Waals surface area contributed by atoms with Crippen molar-refractivity contribution in [3.8, 4) is 28.4 Å². The molecule has 2 heterocycles. The van der Waals surface area contributed by atoms with E-state index in [4.69, 9.17) is 14.2 Å². The number of pyridine rings is 1. The zero-order valence-electron chi connectivity index (χ0n) is 17.6. The molecular weight excluding hydrogens is 376 g/mol. The van der Waals surface area contributed by atoms with Crippen molar-refractivity contribution in [2.75, 3.05) is 26.8 Å². The van der Waals surface area contributed by atoms with E-state index in [2.05, 4.69) is 35.0 Å². The van der Waals surface area contributed by atoms with Crippen LogP contribution in [0, 0.1) is 0 Å². The van der Waals surface area contributed by atoms with E-state index >= 15 is 0 Å². The van der Waals surface area contributed by atoms with Crippen LogP contribution in [0.15, 0.2) is 66.9 Å². The summed E-state index contributed by atoms with van der Waals surface area (Å²) in [5.41, 5.74) is 3.34. The molecule has 156 valence electrons. The molecule has 0 bridgehead atoms. The molecule has 0 spiro atoms. The van der Waals surface area contributed by atoms with Gasteiger partial charge in [0.05, 0.1) is 12.8 Å². The fraction of sp³-hybridized carbons (Fsp3) is 0.320. The first kappa shape index (κ1) is 20.2. The molecule has 1 aromatic heterocycles. The molecule has 3 aromatic rings. The quantitative estimate of drug-likeness (QED) is 0.539. The van der Waals surface area contributed by atoms with E-state index in [1.54, 1.807) is 7.11 Å². The van der Waals surface area contributed by atoms with E-state index in [9.17, 15) is 0 Å². The second-order valence-electron chi connectivity index (χ2n) is 7.42. The molecule has 1 atom stereocenters. The lowest BCUT2D eigenvalue weighted by Gasteiger charge is -2.28. The summed E-state index contributed by atoms with van der Waals surface area (Å²) >= 11 is 0. The highest BCUT2D eigenvalue weighted by atomic mass is 16.6. The molecule has 0 N–H and O–H groups in total. The van der Waals surface area contributed by atoms with Crippen LogP contribution < -0.4 is 14.2 Å². The van der Waals surface area contributed by atoms with Crippen LogP contribution >= 0.6 is 0 Å². The van der Waals surface area contributed by atoms with E-state index in [-0.39, 0.29) is 6.10 Å². The van der Waals surface area contributed by atoms with Crippen molar-refractivity contribution < 1.29 is 14.2 Å². The standard InChI is InChI=1S/C25H28N2O3/c1-3-27(14-12-23-18-29-24-9-4-5-10-25(24)30-23)17-21-15-20(11-13-26-21)19-7-6-8-22(16-19)28-2/h4-11,13,15-16,23H,3,12,14,17-18H2,1-2H3. The number of hydrogen-bond acceptors (Lipinski definition) is 5. The number of nitrogens with zero attached hydrogens (tertiary/aromatic N) is 2. The van der Waals surface area contributed by atoms with Gasteiger partial charge in [-0.1, -0.05) is 31.2 Å². The van der Waals surface area contributed by atoms with Gasteiger partial charge in [0.25, 0.3) is 0 Å². The molecule has 4 rings (SSSR count). The van der Waals surface area contributed by atoms with Gasteiger partial charge in [-0.2, -0.15) is 0 Å². The first-order chi connectivity index (χ1) is 14.7. The average Bonchev–Trinajstić information content (AvgIpc) is 2.81. The van der Waals surface area contributed by atoms with Gasteiger partial charge >= 0.3 is 0 Å². The molecule has 1 unspecified atom stereocenters. The highest BCUT2D eigenvalue weighted by molar-refractivity contribution is 5.65. The largest absolute Gasteiger partial charge is 0.497 e. The maximum absolute atomic E-state index is 6.10. The zero-order chi connectivity index (χ0) is 20.8. The Morgan fingerprint density at radius 3 is 2.70 bits per heavy atom. The Hall–Kier alpha value is -3.05. The van der Waals surface area contributed by atoms with E-state index in [0.717, 1.165) is 60.1 Å². The third kappa shape index (κ3) is 4.92. The molecule has 1 aliphatic rings. The number of aromatic nitrogens is 1. The molecule has 0 aliphatic carbocycles. The third-order valence-electron chi connectivity index (χ3n) is 5.39. The van der Waals surface area contributed by atoms with Crippen LogP contribution in [0.25, 0.3) is 11.1 Å². The highest BCUT2D eigenvalue weighted by Gasteiger charge is 2.21. The number of para-hydroxylation sites is 2. The summed E-state index contributed by atoms with van der Waals surface area (Å²) in [6.45, 7) is 5.46.